The quantitative estimate of drug-likeness (QED) is 0.315. The zero-order chi connectivity index (χ0) is 13.6. The van der Waals surface area contributed by atoms with Crippen molar-refractivity contribution in [2.24, 2.45) is 0 Å². The van der Waals surface area contributed by atoms with Gasteiger partial charge in [-0.1, -0.05) is 87.9 Å². The Kier molecular flexibility index (Phi) is 10.6. The predicted molar refractivity (Wildman–Crippen MR) is 88.7 cm³/mol. The van der Waals surface area contributed by atoms with E-state index in [1.165, 1.54) is 62.7 Å². The minimum atomic E-state index is 1.23. The van der Waals surface area contributed by atoms with E-state index < -0.39 is 0 Å². The van der Waals surface area contributed by atoms with Crippen molar-refractivity contribution in [2.45, 2.75) is 69.6 Å². The lowest BCUT2D eigenvalue weighted by molar-refractivity contribution is 0.578. The molecule has 0 aliphatic rings. The van der Waals surface area contributed by atoms with E-state index >= 15 is 0 Å². The first-order valence-corrected chi connectivity index (χ1v) is 8.68. The molecule has 0 aromatic heterocycles. The highest BCUT2D eigenvalue weighted by molar-refractivity contribution is 8.02. The molecule has 0 nitrogen and oxygen atoms in total. The predicted octanol–water partition coefficient (Wildman–Crippen LogP) is 6.82. The fourth-order valence-corrected chi connectivity index (χ4v) is 2.79. The zero-order valence-electron chi connectivity index (χ0n) is 12.3. The zero-order valence-corrected chi connectivity index (χ0v) is 13.1. The normalized spacial score (nSPS) is 11.2. The van der Waals surface area contributed by atoms with Gasteiger partial charge in [-0.2, -0.15) is 0 Å². The monoisotopic (exact) mass is 276 g/mol. The van der Waals surface area contributed by atoms with Gasteiger partial charge < -0.3 is 0 Å². The molecular weight excluding hydrogens is 248 g/mol. The molecule has 19 heavy (non-hydrogen) atoms. The Bertz CT molecular complexity index is 316. The van der Waals surface area contributed by atoms with Crippen LogP contribution in [-0.2, 0) is 0 Å². The molecule has 0 N–H and O–H groups in total. The van der Waals surface area contributed by atoms with Crippen molar-refractivity contribution in [3.05, 3.63) is 41.8 Å². The fraction of sp³-hybridized carbons (Fsp3) is 0.556. The highest BCUT2D eigenvalue weighted by Crippen LogP contribution is 2.18. The highest BCUT2D eigenvalue weighted by atomic mass is 32.2. The van der Waals surface area contributed by atoms with Crippen molar-refractivity contribution in [2.75, 3.05) is 0 Å². The third-order valence-corrected chi connectivity index (χ3v) is 4.14. The van der Waals surface area contributed by atoms with Gasteiger partial charge in [0.1, 0.15) is 0 Å². The molecule has 0 saturated carbocycles. The first-order valence-electron chi connectivity index (χ1n) is 7.80. The molecule has 0 heterocycles. The average Bonchev–Trinajstić information content (AvgIpc) is 2.46. The minimum Gasteiger partial charge on any atom is -0.0984 e. The molecule has 1 heteroatoms. The summed E-state index contributed by atoms with van der Waals surface area (Å²) in [5.41, 5.74) is 0. The van der Waals surface area contributed by atoms with Gasteiger partial charge in [-0.05, 0) is 30.4 Å². The number of hydrogen-bond acceptors (Lipinski definition) is 1. The number of benzene rings is 1. The third kappa shape index (κ3) is 9.84. The van der Waals surface area contributed by atoms with Crippen LogP contribution < -0.4 is 0 Å². The highest BCUT2D eigenvalue weighted by Gasteiger charge is 1.90. The lowest BCUT2D eigenvalue weighted by atomic mass is 10.1. The molecule has 0 fully saturated rings. The Hall–Kier alpha value is -0.690. The van der Waals surface area contributed by atoms with Gasteiger partial charge in [-0.3, -0.25) is 0 Å². The van der Waals surface area contributed by atoms with Crippen LogP contribution in [0.4, 0.5) is 0 Å². The standard InChI is InChI=1S/C18H28S/c1-2-3-4-5-6-7-8-9-10-14-17-19-18-15-12-11-13-16-18/h11-17H,2-10H2,1H3/b17-14+. The molecule has 106 valence electrons. The molecule has 0 bridgehead atoms. The van der Waals surface area contributed by atoms with Crippen LogP contribution >= 0.6 is 11.8 Å². The van der Waals surface area contributed by atoms with Gasteiger partial charge in [-0.15, -0.1) is 0 Å². The Morgan fingerprint density at radius 3 is 2.16 bits per heavy atom. The maximum absolute atomic E-state index is 2.31. The molecule has 0 amide bonds. The second kappa shape index (κ2) is 12.3. The maximum Gasteiger partial charge on any atom is 0.0116 e. The van der Waals surface area contributed by atoms with Gasteiger partial charge in [-0.25, -0.2) is 0 Å². The van der Waals surface area contributed by atoms with Crippen LogP contribution in [0.2, 0.25) is 0 Å². The molecule has 0 spiro atoms. The third-order valence-electron chi connectivity index (χ3n) is 3.27. The van der Waals surface area contributed by atoms with E-state index in [9.17, 15) is 0 Å². The lowest BCUT2D eigenvalue weighted by Gasteiger charge is -1.99. The largest absolute Gasteiger partial charge is 0.0984 e. The smallest absolute Gasteiger partial charge is 0.0116 e. The Morgan fingerprint density at radius 1 is 0.842 bits per heavy atom. The summed E-state index contributed by atoms with van der Waals surface area (Å²) in [5.74, 6) is 0. The van der Waals surface area contributed by atoms with Crippen molar-refractivity contribution < 1.29 is 0 Å². The van der Waals surface area contributed by atoms with Crippen LogP contribution in [0.15, 0.2) is 46.7 Å². The molecular formula is C18H28S. The number of allylic oxidation sites excluding steroid dienone is 1. The Balaban J connectivity index is 1.88. The summed E-state index contributed by atoms with van der Waals surface area (Å²) in [5, 5.41) is 2.23. The van der Waals surface area contributed by atoms with Crippen LogP contribution in [0.5, 0.6) is 0 Å². The summed E-state index contributed by atoms with van der Waals surface area (Å²) in [6, 6.07) is 10.6. The molecule has 0 radical (unpaired) electrons. The van der Waals surface area contributed by atoms with Crippen LogP contribution in [0, 0.1) is 0 Å². The van der Waals surface area contributed by atoms with Crippen LogP contribution in [0.1, 0.15) is 64.7 Å². The van der Waals surface area contributed by atoms with E-state index in [0.29, 0.717) is 0 Å². The van der Waals surface area contributed by atoms with Crippen LogP contribution in [-0.4, -0.2) is 0 Å². The number of unbranched alkanes of at least 4 members (excludes halogenated alkanes) is 8. The van der Waals surface area contributed by atoms with Crippen molar-refractivity contribution in [1.82, 2.24) is 0 Å². The van der Waals surface area contributed by atoms with Crippen LogP contribution in [0.25, 0.3) is 0 Å². The molecule has 0 atom stereocenters. The van der Waals surface area contributed by atoms with Gasteiger partial charge in [0.2, 0.25) is 0 Å². The van der Waals surface area contributed by atoms with Gasteiger partial charge in [0.25, 0.3) is 0 Å². The molecule has 1 aromatic carbocycles. The summed E-state index contributed by atoms with van der Waals surface area (Å²) in [6.45, 7) is 2.28. The number of hydrogen-bond donors (Lipinski definition) is 0. The lowest BCUT2D eigenvalue weighted by Crippen LogP contribution is -1.79. The summed E-state index contributed by atoms with van der Waals surface area (Å²) >= 11 is 1.82. The van der Waals surface area contributed by atoms with E-state index in [1.54, 1.807) is 0 Å². The van der Waals surface area contributed by atoms with Crippen molar-refractivity contribution in [1.29, 1.82) is 0 Å². The van der Waals surface area contributed by atoms with E-state index in [0.717, 1.165) is 0 Å². The molecule has 0 saturated heterocycles. The summed E-state index contributed by atoms with van der Waals surface area (Å²) < 4.78 is 0. The summed E-state index contributed by atoms with van der Waals surface area (Å²) in [4.78, 5) is 1.33. The molecule has 1 rings (SSSR count). The Labute approximate surface area is 123 Å². The van der Waals surface area contributed by atoms with Crippen LogP contribution in [0.3, 0.4) is 0 Å². The van der Waals surface area contributed by atoms with E-state index in [2.05, 4.69) is 48.7 Å². The Morgan fingerprint density at radius 2 is 1.47 bits per heavy atom. The topological polar surface area (TPSA) is 0 Å². The van der Waals surface area contributed by atoms with E-state index in [1.807, 2.05) is 11.8 Å². The van der Waals surface area contributed by atoms with E-state index in [4.69, 9.17) is 0 Å². The number of rotatable bonds is 11. The molecule has 0 unspecified atom stereocenters. The van der Waals surface area contributed by atoms with E-state index in [-0.39, 0.29) is 0 Å². The first-order chi connectivity index (χ1) is 9.43. The first kappa shape index (κ1) is 16.4. The molecule has 1 aromatic rings. The maximum atomic E-state index is 2.31. The van der Waals surface area contributed by atoms with Crippen molar-refractivity contribution in [3.8, 4) is 0 Å². The minimum absolute atomic E-state index is 1.23. The summed E-state index contributed by atoms with van der Waals surface area (Å²) in [6.07, 6.45) is 14.8. The molecule has 0 aliphatic carbocycles. The van der Waals surface area contributed by atoms with Gasteiger partial charge in [0, 0.05) is 4.90 Å². The summed E-state index contributed by atoms with van der Waals surface area (Å²) in [7, 11) is 0. The SMILES string of the molecule is CCCCCCCCCC/C=C/Sc1ccccc1. The van der Waals surface area contributed by atoms with Crippen molar-refractivity contribution in [3.63, 3.8) is 0 Å². The fourth-order valence-electron chi connectivity index (χ4n) is 2.09. The van der Waals surface area contributed by atoms with Gasteiger partial charge >= 0.3 is 0 Å². The second-order valence-corrected chi connectivity index (χ2v) is 6.05. The second-order valence-electron chi connectivity index (χ2n) is 5.07. The average molecular weight is 276 g/mol. The van der Waals surface area contributed by atoms with Crippen molar-refractivity contribution >= 4 is 11.8 Å². The number of thioether (sulfide) groups is 1. The van der Waals surface area contributed by atoms with Gasteiger partial charge in [0.05, 0.1) is 0 Å². The van der Waals surface area contributed by atoms with Gasteiger partial charge in [0.15, 0.2) is 0 Å². The molecule has 0 aliphatic heterocycles.